The van der Waals surface area contributed by atoms with Crippen LogP contribution in [0.15, 0.2) is 24.3 Å². The Bertz CT molecular complexity index is 407. The van der Waals surface area contributed by atoms with Crippen molar-refractivity contribution < 1.29 is 9.59 Å². The molecule has 5 heteroatoms. The van der Waals surface area contributed by atoms with Crippen LogP contribution < -0.4 is 10.6 Å². The van der Waals surface area contributed by atoms with Gasteiger partial charge in [-0.15, -0.1) is 0 Å². The number of benzene rings is 1. The summed E-state index contributed by atoms with van der Waals surface area (Å²) in [5, 5.41) is 5.69. The van der Waals surface area contributed by atoms with Crippen LogP contribution in [0.4, 0.5) is 5.69 Å². The van der Waals surface area contributed by atoms with Crippen molar-refractivity contribution in [1.82, 2.24) is 5.32 Å². The van der Waals surface area contributed by atoms with E-state index >= 15 is 0 Å². The summed E-state index contributed by atoms with van der Waals surface area (Å²) in [4.78, 5) is 22.9. The Kier molecular flexibility index (Phi) is 5.69. The molecule has 0 saturated carbocycles. The van der Waals surface area contributed by atoms with Gasteiger partial charge in [0.05, 0.1) is 5.33 Å². The summed E-state index contributed by atoms with van der Waals surface area (Å²) < 4.78 is 0. The molecule has 2 amide bonds. The Labute approximate surface area is 109 Å². The van der Waals surface area contributed by atoms with Gasteiger partial charge < -0.3 is 10.6 Å². The first-order chi connectivity index (χ1) is 8.17. The topological polar surface area (TPSA) is 58.2 Å². The third-order valence-corrected chi connectivity index (χ3v) is 2.57. The number of alkyl halides is 1. The fourth-order valence-corrected chi connectivity index (χ4v) is 1.41. The molecule has 0 aliphatic rings. The van der Waals surface area contributed by atoms with Gasteiger partial charge in [-0.25, -0.2) is 0 Å². The van der Waals surface area contributed by atoms with Gasteiger partial charge in [0.15, 0.2) is 0 Å². The molecule has 0 radical (unpaired) electrons. The Morgan fingerprint density at radius 2 is 2.12 bits per heavy atom. The van der Waals surface area contributed by atoms with Crippen molar-refractivity contribution in [2.45, 2.75) is 13.3 Å². The van der Waals surface area contributed by atoms with Gasteiger partial charge in [0.1, 0.15) is 0 Å². The summed E-state index contributed by atoms with van der Waals surface area (Å²) in [7, 11) is 0. The highest BCUT2D eigenvalue weighted by Crippen LogP contribution is 2.10. The zero-order chi connectivity index (χ0) is 12.7. The van der Waals surface area contributed by atoms with E-state index in [1.54, 1.807) is 24.3 Å². The first kappa shape index (κ1) is 13.7. The summed E-state index contributed by atoms with van der Waals surface area (Å²) in [6.07, 6.45) is 0.895. The maximum absolute atomic E-state index is 11.7. The standard InChI is InChI=1S/C12H15BrN2O2/c1-2-6-14-12(17)9-4-3-5-10(7-9)15-11(16)8-13/h3-5,7H,2,6,8H2,1H3,(H,14,17)(H,15,16). The van der Waals surface area contributed by atoms with Gasteiger partial charge in [0.2, 0.25) is 5.91 Å². The molecule has 0 aliphatic heterocycles. The molecule has 0 unspecified atom stereocenters. The molecule has 0 bridgehead atoms. The molecular weight excluding hydrogens is 284 g/mol. The first-order valence-corrected chi connectivity index (χ1v) is 6.53. The maximum Gasteiger partial charge on any atom is 0.251 e. The molecular formula is C12H15BrN2O2. The SMILES string of the molecule is CCCNC(=O)c1cccc(NC(=O)CBr)c1. The van der Waals surface area contributed by atoms with Crippen molar-refractivity contribution in [1.29, 1.82) is 0 Å². The van der Waals surface area contributed by atoms with Gasteiger partial charge in [-0.1, -0.05) is 28.9 Å². The van der Waals surface area contributed by atoms with Crippen LogP contribution in [-0.4, -0.2) is 23.7 Å². The smallest absolute Gasteiger partial charge is 0.251 e. The van der Waals surface area contributed by atoms with Gasteiger partial charge in [-0.3, -0.25) is 9.59 Å². The second-order valence-electron chi connectivity index (χ2n) is 3.52. The molecule has 0 saturated heterocycles. The molecule has 1 aromatic carbocycles. The number of rotatable bonds is 5. The Morgan fingerprint density at radius 1 is 1.35 bits per heavy atom. The van der Waals surface area contributed by atoms with Gasteiger partial charge in [0, 0.05) is 17.8 Å². The second kappa shape index (κ2) is 7.06. The predicted octanol–water partition coefficient (Wildman–Crippen LogP) is 2.16. The average molecular weight is 299 g/mol. The molecule has 0 atom stereocenters. The minimum atomic E-state index is -0.142. The predicted molar refractivity (Wildman–Crippen MR) is 71.5 cm³/mol. The molecule has 0 aliphatic carbocycles. The highest BCUT2D eigenvalue weighted by Gasteiger charge is 2.06. The summed E-state index contributed by atoms with van der Waals surface area (Å²) in [6.45, 7) is 2.64. The van der Waals surface area contributed by atoms with Gasteiger partial charge in [-0.05, 0) is 24.6 Å². The molecule has 2 N–H and O–H groups in total. The van der Waals surface area contributed by atoms with E-state index in [1.807, 2.05) is 6.92 Å². The van der Waals surface area contributed by atoms with E-state index in [2.05, 4.69) is 26.6 Å². The van der Waals surface area contributed by atoms with E-state index in [4.69, 9.17) is 0 Å². The lowest BCUT2D eigenvalue weighted by Crippen LogP contribution is -2.24. The quantitative estimate of drug-likeness (QED) is 0.819. The van der Waals surface area contributed by atoms with Crippen LogP contribution in [0.3, 0.4) is 0 Å². The van der Waals surface area contributed by atoms with Crippen molar-refractivity contribution in [3.63, 3.8) is 0 Å². The largest absolute Gasteiger partial charge is 0.352 e. The third-order valence-electron chi connectivity index (χ3n) is 2.07. The number of anilines is 1. The van der Waals surface area contributed by atoms with Gasteiger partial charge in [0.25, 0.3) is 5.91 Å². The minimum absolute atomic E-state index is 0.123. The van der Waals surface area contributed by atoms with Crippen molar-refractivity contribution in [2.24, 2.45) is 0 Å². The van der Waals surface area contributed by atoms with Crippen LogP contribution >= 0.6 is 15.9 Å². The van der Waals surface area contributed by atoms with E-state index in [1.165, 1.54) is 0 Å². The molecule has 17 heavy (non-hydrogen) atoms. The molecule has 92 valence electrons. The number of halogens is 1. The summed E-state index contributed by atoms with van der Waals surface area (Å²) >= 11 is 3.06. The monoisotopic (exact) mass is 298 g/mol. The van der Waals surface area contributed by atoms with E-state index in [9.17, 15) is 9.59 Å². The highest BCUT2D eigenvalue weighted by molar-refractivity contribution is 9.09. The van der Waals surface area contributed by atoms with Crippen LogP contribution in [0.1, 0.15) is 23.7 Å². The fourth-order valence-electron chi connectivity index (χ4n) is 1.27. The van der Waals surface area contributed by atoms with E-state index in [0.29, 0.717) is 17.8 Å². The molecule has 1 aromatic rings. The number of carbonyl (C=O) groups is 2. The number of hydrogen-bond donors (Lipinski definition) is 2. The number of amides is 2. The first-order valence-electron chi connectivity index (χ1n) is 5.41. The van der Waals surface area contributed by atoms with Crippen LogP contribution in [0, 0.1) is 0 Å². The Morgan fingerprint density at radius 3 is 2.76 bits per heavy atom. The number of nitrogens with one attached hydrogen (secondary N) is 2. The number of hydrogen-bond acceptors (Lipinski definition) is 2. The lowest BCUT2D eigenvalue weighted by atomic mass is 10.2. The van der Waals surface area contributed by atoms with Crippen molar-refractivity contribution in [3.8, 4) is 0 Å². The highest BCUT2D eigenvalue weighted by atomic mass is 79.9. The molecule has 0 spiro atoms. The van der Waals surface area contributed by atoms with Gasteiger partial charge >= 0.3 is 0 Å². The van der Waals surface area contributed by atoms with Gasteiger partial charge in [-0.2, -0.15) is 0 Å². The second-order valence-corrected chi connectivity index (χ2v) is 4.08. The Balaban J connectivity index is 2.71. The van der Waals surface area contributed by atoms with Crippen LogP contribution in [-0.2, 0) is 4.79 Å². The fraction of sp³-hybridized carbons (Fsp3) is 0.333. The molecule has 0 aromatic heterocycles. The maximum atomic E-state index is 11.7. The minimum Gasteiger partial charge on any atom is -0.352 e. The van der Waals surface area contributed by atoms with E-state index in [-0.39, 0.29) is 17.1 Å². The molecule has 4 nitrogen and oxygen atoms in total. The molecule has 1 rings (SSSR count). The lowest BCUT2D eigenvalue weighted by molar-refractivity contribution is -0.113. The Hall–Kier alpha value is -1.36. The molecule has 0 heterocycles. The zero-order valence-electron chi connectivity index (χ0n) is 9.63. The zero-order valence-corrected chi connectivity index (χ0v) is 11.2. The van der Waals surface area contributed by atoms with Crippen LogP contribution in [0.5, 0.6) is 0 Å². The summed E-state index contributed by atoms with van der Waals surface area (Å²) in [5.74, 6) is -0.266. The third kappa shape index (κ3) is 4.56. The van der Waals surface area contributed by atoms with Crippen molar-refractivity contribution in [3.05, 3.63) is 29.8 Å². The summed E-state index contributed by atoms with van der Waals surface area (Å²) in [6, 6.07) is 6.86. The van der Waals surface area contributed by atoms with E-state index < -0.39 is 0 Å². The average Bonchev–Trinajstić information content (AvgIpc) is 2.36. The van der Waals surface area contributed by atoms with Crippen LogP contribution in [0.25, 0.3) is 0 Å². The number of carbonyl (C=O) groups excluding carboxylic acids is 2. The normalized spacial score (nSPS) is 9.76. The summed E-state index contributed by atoms with van der Waals surface area (Å²) in [5.41, 5.74) is 1.17. The lowest BCUT2D eigenvalue weighted by Gasteiger charge is -2.06. The molecule has 0 fully saturated rings. The van der Waals surface area contributed by atoms with Crippen LogP contribution in [0.2, 0.25) is 0 Å². The van der Waals surface area contributed by atoms with Crippen molar-refractivity contribution >= 4 is 33.4 Å². The van der Waals surface area contributed by atoms with Crippen molar-refractivity contribution in [2.75, 3.05) is 17.2 Å². The van der Waals surface area contributed by atoms with E-state index in [0.717, 1.165) is 6.42 Å².